The third kappa shape index (κ3) is 2.67. The van der Waals surface area contributed by atoms with Gasteiger partial charge in [-0.25, -0.2) is 9.97 Å². The molecule has 0 aliphatic carbocycles. The highest BCUT2D eigenvalue weighted by Gasteiger charge is 2.17. The molecule has 15 heavy (non-hydrogen) atoms. The standard InChI is InChI=1S/C11H15ClN2O/c1-8-7-13-11(14-10(8)6-12)5-9-3-2-4-15-9/h7,9H,2-6H2,1H3. The van der Waals surface area contributed by atoms with Crippen LogP contribution in [0.3, 0.4) is 0 Å². The van der Waals surface area contributed by atoms with Gasteiger partial charge >= 0.3 is 0 Å². The van der Waals surface area contributed by atoms with Crippen molar-refractivity contribution >= 4 is 11.6 Å². The lowest BCUT2D eigenvalue weighted by Crippen LogP contribution is -2.12. The van der Waals surface area contributed by atoms with Gasteiger partial charge in [-0.3, -0.25) is 0 Å². The Hall–Kier alpha value is -0.670. The van der Waals surface area contributed by atoms with Gasteiger partial charge in [-0.1, -0.05) is 0 Å². The van der Waals surface area contributed by atoms with Gasteiger partial charge in [0.05, 0.1) is 17.7 Å². The SMILES string of the molecule is Cc1cnc(CC2CCCO2)nc1CCl. The smallest absolute Gasteiger partial charge is 0.131 e. The van der Waals surface area contributed by atoms with Crippen LogP contribution in [0.5, 0.6) is 0 Å². The van der Waals surface area contributed by atoms with Crippen molar-refractivity contribution in [3.8, 4) is 0 Å². The molecule has 3 nitrogen and oxygen atoms in total. The van der Waals surface area contributed by atoms with E-state index in [1.807, 2.05) is 13.1 Å². The van der Waals surface area contributed by atoms with Crippen LogP contribution in [-0.4, -0.2) is 22.7 Å². The van der Waals surface area contributed by atoms with E-state index < -0.39 is 0 Å². The Morgan fingerprint density at radius 1 is 1.60 bits per heavy atom. The van der Waals surface area contributed by atoms with E-state index in [-0.39, 0.29) is 0 Å². The maximum Gasteiger partial charge on any atom is 0.131 e. The second kappa shape index (κ2) is 4.90. The molecule has 1 aliphatic heterocycles. The van der Waals surface area contributed by atoms with E-state index in [0.717, 1.165) is 43.0 Å². The first-order valence-corrected chi connectivity index (χ1v) is 5.82. The predicted octanol–water partition coefficient (Wildman–Crippen LogP) is 2.25. The number of hydrogen-bond donors (Lipinski definition) is 0. The molecule has 82 valence electrons. The summed E-state index contributed by atoms with van der Waals surface area (Å²) in [5, 5.41) is 0. The molecule has 1 aliphatic rings. The van der Waals surface area contributed by atoms with Crippen LogP contribution in [0.1, 0.15) is 29.9 Å². The zero-order chi connectivity index (χ0) is 10.7. The molecule has 1 unspecified atom stereocenters. The van der Waals surface area contributed by atoms with E-state index >= 15 is 0 Å². The fourth-order valence-corrected chi connectivity index (χ4v) is 2.03. The van der Waals surface area contributed by atoms with Crippen molar-refractivity contribution in [2.75, 3.05) is 6.61 Å². The average Bonchev–Trinajstić information content (AvgIpc) is 2.73. The van der Waals surface area contributed by atoms with Gasteiger partial charge < -0.3 is 4.74 Å². The maximum absolute atomic E-state index is 5.80. The summed E-state index contributed by atoms with van der Waals surface area (Å²) in [4.78, 5) is 8.73. The van der Waals surface area contributed by atoms with E-state index in [1.165, 1.54) is 0 Å². The van der Waals surface area contributed by atoms with Crippen molar-refractivity contribution in [1.29, 1.82) is 0 Å². The van der Waals surface area contributed by atoms with Gasteiger partial charge in [0, 0.05) is 19.2 Å². The van der Waals surface area contributed by atoms with Crippen molar-refractivity contribution in [3.63, 3.8) is 0 Å². The first-order chi connectivity index (χ1) is 7.29. The average molecular weight is 227 g/mol. The number of ether oxygens (including phenoxy) is 1. The Morgan fingerprint density at radius 2 is 2.47 bits per heavy atom. The van der Waals surface area contributed by atoms with Gasteiger partial charge in [0.15, 0.2) is 0 Å². The summed E-state index contributed by atoms with van der Waals surface area (Å²) in [6, 6.07) is 0. The van der Waals surface area contributed by atoms with E-state index in [1.54, 1.807) is 0 Å². The second-order valence-electron chi connectivity index (χ2n) is 3.89. The highest BCUT2D eigenvalue weighted by atomic mass is 35.5. The lowest BCUT2D eigenvalue weighted by molar-refractivity contribution is 0.110. The van der Waals surface area contributed by atoms with Crippen LogP contribution in [0.25, 0.3) is 0 Å². The van der Waals surface area contributed by atoms with Crippen LogP contribution in [0.15, 0.2) is 6.20 Å². The van der Waals surface area contributed by atoms with Crippen LogP contribution in [0.4, 0.5) is 0 Å². The number of aromatic nitrogens is 2. The number of nitrogens with zero attached hydrogens (tertiary/aromatic N) is 2. The predicted molar refractivity (Wildman–Crippen MR) is 59.0 cm³/mol. The third-order valence-corrected chi connectivity index (χ3v) is 2.94. The van der Waals surface area contributed by atoms with Crippen LogP contribution >= 0.6 is 11.6 Å². The molecule has 1 atom stereocenters. The van der Waals surface area contributed by atoms with Crippen LogP contribution in [0, 0.1) is 6.92 Å². The molecule has 0 amide bonds. The lowest BCUT2D eigenvalue weighted by atomic mass is 10.1. The summed E-state index contributed by atoms with van der Waals surface area (Å²) in [6.07, 6.45) is 5.22. The molecule has 1 aromatic rings. The van der Waals surface area contributed by atoms with Crippen molar-refractivity contribution in [2.24, 2.45) is 0 Å². The summed E-state index contributed by atoms with van der Waals surface area (Å²) in [5.74, 6) is 1.30. The van der Waals surface area contributed by atoms with Crippen molar-refractivity contribution < 1.29 is 4.74 Å². The van der Waals surface area contributed by atoms with Gasteiger partial charge in [-0.2, -0.15) is 0 Å². The zero-order valence-electron chi connectivity index (χ0n) is 8.87. The number of rotatable bonds is 3. The number of alkyl halides is 1. The Labute approximate surface area is 94.8 Å². The first kappa shape index (κ1) is 10.8. The normalized spacial score (nSPS) is 20.8. The third-order valence-electron chi connectivity index (χ3n) is 2.69. The summed E-state index contributed by atoms with van der Waals surface area (Å²) in [6.45, 7) is 2.85. The Balaban J connectivity index is 2.07. The Morgan fingerprint density at radius 3 is 3.13 bits per heavy atom. The zero-order valence-corrected chi connectivity index (χ0v) is 9.63. The minimum absolute atomic E-state index is 0.302. The highest BCUT2D eigenvalue weighted by Crippen LogP contribution is 2.16. The molecule has 4 heteroatoms. The fourth-order valence-electron chi connectivity index (χ4n) is 1.76. The number of aryl methyl sites for hydroxylation is 1. The van der Waals surface area contributed by atoms with Gasteiger partial charge in [-0.05, 0) is 25.3 Å². The summed E-state index contributed by atoms with van der Waals surface area (Å²) in [7, 11) is 0. The molecule has 1 aromatic heterocycles. The van der Waals surface area contributed by atoms with Gasteiger partial charge in [0.1, 0.15) is 5.82 Å². The van der Waals surface area contributed by atoms with Gasteiger partial charge in [0.2, 0.25) is 0 Å². The summed E-state index contributed by atoms with van der Waals surface area (Å²) in [5.41, 5.74) is 1.99. The molecular formula is C11H15ClN2O. The molecule has 0 radical (unpaired) electrons. The van der Waals surface area contributed by atoms with Gasteiger partial charge in [-0.15, -0.1) is 11.6 Å². The fraction of sp³-hybridized carbons (Fsp3) is 0.636. The molecule has 0 aromatic carbocycles. The highest BCUT2D eigenvalue weighted by molar-refractivity contribution is 6.16. The van der Waals surface area contributed by atoms with Gasteiger partial charge in [0.25, 0.3) is 0 Å². The molecule has 1 fully saturated rings. The molecule has 2 heterocycles. The monoisotopic (exact) mass is 226 g/mol. The molecule has 2 rings (SSSR count). The minimum atomic E-state index is 0.302. The van der Waals surface area contributed by atoms with E-state index in [9.17, 15) is 0 Å². The quantitative estimate of drug-likeness (QED) is 0.742. The number of halogens is 1. The first-order valence-electron chi connectivity index (χ1n) is 5.28. The molecule has 0 saturated carbocycles. The minimum Gasteiger partial charge on any atom is -0.378 e. The maximum atomic E-state index is 5.80. The largest absolute Gasteiger partial charge is 0.378 e. The van der Waals surface area contributed by atoms with Crippen LogP contribution in [-0.2, 0) is 17.0 Å². The molecule has 0 spiro atoms. The Bertz CT molecular complexity index is 337. The second-order valence-corrected chi connectivity index (χ2v) is 4.16. The van der Waals surface area contributed by atoms with Crippen LogP contribution in [0.2, 0.25) is 0 Å². The molecule has 0 N–H and O–H groups in total. The van der Waals surface area contributed by atoms with Crippen molar-refractivity contribution in [1.82, 2.24) is 9.97 Å². The summed E-state index contributed by atoms with van der Waals surface area (Å²) >= 11 is 5.80. The Kier molecular flexibility index (Phi) is 3.54. The van der Waals surface area contributed by atoms with E-state index in [0.29, 0.717) is 12.0 Å². The lowest BCUT2D eigenvalue weighted by Gasteiger charge is -2.09. The van der Waals surface area contributed by atoms with Crippen LogP contribution < -0.4 is 0 Å². The topological polar surface area (TPSA) is 35.0 Å². The van der Waals surface area contributed by atoms with E-state index in [4.69, 9.17) is 16.3 Å². The van der Waals surface area contributed by atoms with Crippen molar-refractivity contribution in [3.05, 3.63) is 23.3 Å². The molecule has 0 bridgehead atoms. The number of hydrogen-bond acceptors (Lipinski definition) is 3. The van der Waals surface area contributed by atoms with E-state index in [2.05, 4.69) is 9.97 Å². The summed E-state index contributed by atoms with van der Waals surface area (Å²) < 4.78 is 5.55. The molecule has 1 saturated heterocycles. The van der Waals surface area contributed by atoms with Crippen molar-refractivity contribution in [2.45, 2.75) is 38.2 Å². The molecular weight excluding hydrogens is 212 g/mol.